The lowest BCUT2D eigenvalue weighted by molar-refractivity contribution is -0.118. The van der Waals surface area contributed by atoms with Crippen LogP contribution in [0.5, 0.6) is 0 Å². The number of hydrogen-bond donors (Lipinski definition) is 1. The number of nitrogen functional groups attached to an aromatic ring is 1. The fourth-order valence-corrected chi connectivity index (χ4v) is 1.18. The Morgan fingerprint density at radius 2 is 2.29 bits per heavy atom. The Bertz CT molecular complexity index is 325. The Morgan fingerprint density at radius 1 is 1.57 bits per heavy atom. The molecule has 0 aliphatic heterocycles. The number of nitrogens with two attached hydrogens (primary N) is 1. The molecule has 1 aromatic rings. The quantitative estimate of drug-likeness (QED) is 0.724. The summed E-state index contributed by atoms with van der Waals surface area (Å²) in [7, 11) is 0. The van der Waals surface area contributed by atoms with E-state index < -0.39 is 0 Å². The topological polar surface area (TPSA) is 59.2 Å². The lowest BCUT2D eigenvalue weighted by Gasteiger charge is -2.15. The summed E-state index contributed by atoms with van der Waals surface area (Å²) >= 11 is 0. The van der Waals surface area contributed by atoms with Gasteiger partial charge in [-0.25, -0.2) is 4.98 Å². The average Bonchev–Trinajstić information content (AvgIpc) is 2.17. The Kier molecular flexibility index (Phi) is 3.45. The van der Waals surface area contributed by atoms with Gasteiger partial charge in [0.25, 0.3) is 0 Å². The van der Waals surface area contributed by atoms with E-state index in [1.165, 1.54) is 0 Å². The molecular formula is C10H15N3O. The monoisotopic (exact) mass is 193 g/mol. The maximum atomic E-state index is 10.6. The molecule has 4 heteroatoms. The van der Waals surface area contributed by atoms with Gasteiger partial charge in [0.2, 0.25) is 6.41 Å². The van der Waals surface area contributed by atoms with Crippen molar-refractivity contribution in [3.8, 4) is 0 Å². The predicted molar refractivity (Wildman–Crippen MR) is 55.5 cm³/mol. The number of rotatable bonds is 4. The van der Waals surface area contributed by atoms with Crippen LogP contribution >= 0.6 is 0 Å². The van der Waals surface area contributed by atoms with Crippen molar-refractivity contribution in [3.63, 3.8) is 0 Å². The summed E-state index contributed by atoms with van der Waals surface area (Å²) in [6.07, 6.45) is 0.819. The van der Waals surface area contributed by atoms with Crippen LogP contribution in [0, 0.1) is 6.92 Å². The summed E-state index contributed by atoms with van der Waals surface area (Å²) in [5, 5.41) is 0. The van der Waals surface area contributed by atoms with Crippen molar-refractivity contribution >= 4 is 12.2 Å². The van der Waals surface area contributed by atoms with Crippen molar-refractivity contribution in [1.29, 1.82) is 0 Å². The molecule has 76 valence electrons. The third-order valence-electron chi connectivity index (χ3n) is 2.08. The minimum absolute atomic E-state index is 0.505. The van der Waals surface area contributed by atoms with Crippen LogP contribution in [0.2, 0.25) is 0 Å². The van der Waals surface area contributed by atoms with Crippen LogP contribution in [0.25, 0.3) is 0 Å². The lowest BCUT2D eigenvalue weighted by atomic mass is 10.2. The molecule has 4 nitrogen and oxygen atoms in total. The molecule has 0 unspecified atom stereocenters. The normalized spacial score (nSPS) is 9.86. The van der Waals surface area contributed by atoms with Gasteiger partial charge in [-0.2, -0.15) is 0 Å². The zero-order valence-electron chi connectivity index (χ0n) is 8.53. The second kappa shape index (κ2) is 4.60. The van der Waals surface area contributed by atoms with Crippen molar-refractivity contribution in [2.45, 2.75) is 20.4 Å². The van der Waals surface area contributed by atoms with E-state index in [4.69, 9.17) is 5.73 Å². The van der Waals surface area contributed by atoms with Crippen molar-refractivity contribution < 1.29 is 4.79 Å². The molecule has 0 bridgehead atoms. The van der Waals surface area contributed by atoms with Gasteiger partial charge in [-0.1, -0.05) is 6.07 Å². The van der Waals surface area contributed by atoms with E-state index in [2.05, 4.69) is 4.98 Å². The van der Waals surface area contributed by atoms with Crippen LogP contribution < -0.4 is 5.73 Å². The second-order valence-corrected chi connectivity index (χ2v) is 3.17. The highest BCUT2D eigenvalue weighted by Crippen LogP contribution is 2.11. The molecule has 1 heterocycles. The molecule has 0 saturated heterocycles. The summed E-state index contributed by atoms with van der Waals surface area (Å²) in [6, 6.07) is 3.80. The number of pyridine rings is 1. The van der Waals surface area contributed by atoms with Crippen LogP contribution in [0.15, 0.2) is 12.1 Å². The van der Waals surface area contributed by atoms with E-state index in [0.717, 1.165) is 17.7 Å². The molecule has 0 fully saturated rings. The molecule has 1 amide bonds. The van der Waals surface area contributed by atoms with Crippen molar-refractivity contribution in [3.05, 3.63) is 23.4 Å². The highest BCUT2D eigenvalue weighted by Gasteiger charge is 2.04. The molecule has 0 saturated carbocycles. The summed E-state index contributed by atoms with van der Waals surface area (Å²) in [5.74, 6) is 0.505. The number of amides is 1. The summed E-state index contributed by atoms with van der Waals surface area (Å²) in [4.78, 5) is 16.4. The molecular weight excluding hydrogens is 178 g/mol. The van der Waals surface area contributed by atoms with E-state index in [1.54, 1.807) is 4.90 Å². The molecule has 0 spiro atoms. The molecule has 1 aromatic heterocycles. The fraction of sp³-hybridized carbons (Fsp3) is 0.400. The fourth-order valence-electron chi connectivity index (χ4n) is 1.18. The molecule has 0 aliphatic carbocycles. The van der Waals surface area contributed by atoms with Crippen molar-refractivity contribution in [2.75, 3.05) is 12.3 Å². The first-order valence-electron chi connectivity index (χ1n) is 4.58. The number of aryl methyl sites for hydroxylation is 1. The summed E-state index contributed by atoms with van der Waals surface area (Å²) < 4.78 is 0. The van der Waals surface area contributed by atoms with Crippen LogP contribution in [-0.4, -0.2) is 22.8 Å². The van der Waals surface area contributed by atoms with Gasteiger partial charge in [-0.05, 0) is 19.9 Å². The Balaban J connectivity index is 2.80. The first-order chi connectivity index (χ1) is 6.67. The second-order valence-electron chi connectivity index (χ2n) is 3.17. The smallest absolute Gasteiger partial charge is 0.209 e. The van der Waals surface area contributed by atoms with Crippen LogP contribution in [0.3, 0.4) is 0 Å². The highest BCUT2D eigenvalue weighted by molar-refractivity contribution is 5.49. The van der Waals surface area contributed by atoms with Gasteiger partial charge in [0.15, 0.2) is 0 Å². The standard InChI is InChI=1S/C10H15N3O/c1-3-13(7-14)6-9-5-4-8(2)12-10(9)11/h4-5,7H,3,6H2,1-2H3,(H2,11,12). The molecule has 14 heavy (non-hydrogen) atoms. The Hall–Kier alpha value is -1.58. The molecule has 2 N–H and O–H groups in total. The third-order valence-corrected chi connectivity index (χ3v) is 2.08. The highest BCUT2D eigenvalue weighted by atomic mass is 16.1. The minimum Gasteiger partial charge on any atom is -0.383 e. The van der Waals surface area contributed by atoms with Gasteiger partial charge >= 0.3 is 0 Å². The molecule has 0 radical (unpaired) electrons. The zero-order valence-corrected chi connectivity index (χ0v) is 8.53. The predicted octanol–water partition coefficient (Wildman–Crippen LogP) is 0.951. The average molecular weight is 193 g/mol. The van der Waals surface area contributed by atoms with E-state index in [0.29, 0.717) is 18.9 Å². The molecule has 0 aromatic carbocycles. The maximum Gasteiger partial charge on any atom is 0.209 e. The molecule has 0 aliphatic rings. The van der Waals surface area contributed by atoms with Gasteiger partial charge in [-0.3, -0.25) is 4.79 Å². The SMILES string of the molecule is CCN(C=O)Cc1ccc(C)nc1N. The summed E-state index contributed by atoms with van der Waals surface area (Å²) in [6.45, 7) is 5.01. The van der Waals surface area contributed by atoms with E-state index in [-0.39, 0.29) is 0 Å². The number of anilines is 1. The van der Waals surface area contributed by atoms with Gasteiger partial charge in [-0.15, -0.1) is 0 Å². The number of carbonyl (C=O) groups excluding carboxylic acids is 1. The van der Waals surface area contributed by atoms with E-state index in [1.807, 2.05) is 26.0 Å². The van der Waals surface area contributed by atoms with E-state index >= 15 is 0 Å². The van der Waals surface area contributed by atoms with Gasteiger partial charge in [0.05, 0.1) is 0 Å². The maximum absolute atomic E-state index is 10.6. The summed E-state index contributed by atoms with van der Waals surface area (Å²) in [5.41, 5.74) is 7.51. The first kappa shape index (κ1) is 10.5. The zero-order chi connectivity index (χ0) is 10.6. The van der Waals surface area contributed by atoms with Gasteiger partial charge < -0.3 is 10.6 Å². The Morgan fingerprint density at radius 3 is 2.79 bits per heavy atom. The Labute approximate surface area is 83.7 Å². The van der Waals surface area contributed by atoms with Crippen molar-refractivity contribution in [1.82, 2.24) is 9.88 Å². The van der Waals surface area contributed by atoms with Crippen LogP contribution in [0.1, 0.15) is 18.2 Å². The van der Waals surface area contributed by atoms with E-state index in [9.17, 15) is 4.79 Å². The number of carbonyl (C=O) groups is 1. The molecule has 1 rings (SSSR count). The number of aromatic nitrogens is 1. The van der Waals surface area contributed by atoms with Gasteiger partial charge in [0, 0.05) is 24.3 Å². The molecule has 0 atom stereocenters. The minimum atomic E-state index is 0.505. The number of hydrogen-bond acceptors (Lipinski definition) is 3. The first-order valence-corrected chi connectivity index (χ1v) is 4.58. The van der Waals surface area contributed by atoms with Crippen molar-refractivity contribution in [2.24, 2.45) is 0 Å². The largest absolute Gasteiger partial charge is 0.383 e. The third kappa shape index (κ3) is 2.45. The van der Waals surface area contributed by atoms with Gasteiger partial charge in [0.1, 0.15) is 5.82 Å². The lowest BCUT2D eigenvalue weighted by Crippen LogP contribution is -2.21. The van der Waals surface area contributed by atoms with Crippen LogP contribution in [-0.2, 0) is 11.3 Å². The number of nitrogens with zero attached hydrogens (tertiary/aromatic N) is 2. The van der Waals surface area contributed by atoms with Crippen LogP contribution in [0.4, 0.5) is 5.82 Å².